The van der Waals surface area contributed by atoms with Crippen LogP contribution in [0.4, 0.5) is 0 Å². The lowest BCUT2D eigenvalue weighted by Gasteiger charge is -1.95. The van der Waals surface area contributed by atoms with E-state index in [1.54, 1.807) is 6.08 Å². The number of carbonyl (C=O) groups is 2. The van der Waals surface area contributed by atoms with E-state index in [1.807, 2.05) is 0 Å². The summed E-state index contributed by atoms with van der Waals surface area (Å²) in [6, 6.07) is 0. The second kappa shape index (κ2) is 9.44. The molecular weight excluding hydrogens is 192 g/mol. The Bertz CT molecular complexity index is 219. The highest BCUT2D eigenvalue weighted by atomic mass is 16.4. The molecule has 0 aromatic carbocycles. The van der Waals surface area contributed by atoms with E-state index in [0.717, 1.165) is 12.8 Å². The zero-order valence-electron chi connectivity index (χ0n) is 9.37. The Labute approximate surface area is 91.2 Å². The molecule has 0 aromatic rings. The zero-order chi connectivity index (χ0) is 11.5. The Morgan fingerprint density at radius 2 is 1.80 bits per heavy atom. The molecule has 15 heavy (non-hydrogen) atoms. The van der Waals surface area contributed by atoms with E-state index >= 15 is 0 Å². The Balaban J connectivity index is 3.37. The average Bonchev–Trinajstić information content (AvgIpc) is 2.15. The average molecular weight is 212 g/mol. The fourth-order valence-electron chi connectivity index (χ4n) is 1.29. The number of ketones is 1. The third-order valence-corrected chi connectivity index (χ3v) is 2.10. The maximum atomic E-state index is 10.9. The largest absolute Gasteiger partial charge is 0.481 e. The minimum atomic E-state index is -1.06. The van der Waals surface area contributed by atoms with Crippen molar-refractivity contribution in [2.24, 2.45) is 0 Å². The molecule has 0 saturated carbocycles. The standard InChI is InChI=1S/C12H20O3/c1-2-3-4-5-6-7-8-9-11(13)10-12(14)15/h8-9H,2-7,10H2,1H3,(H,14,15). The van der Waals surface area contributed by atoms with E-state index in [1.165, 1.54) is 31.8 Å². The molecule has 0 spiro atoms. The van der Waals surface area contributed by atoms with Crippen molar-refractivity contribution < 1.29 is 14.7 Å². The third-order valence-electron chi connectivity index (χ3n) is 2.10. The summed E-state index contributed by atoms with van der Waals surface area (Å²) < 4.78 is 0. The van der Waals surface area contributed by atoms with E-state index in [4.69, 9.17) is 5.11 Å². The van der Waals surface area contributed by atoms with Gasteiger partial charge in [0, 0.05) is 0 Å². The fraction of sp³-hybridized carbons (Fsp3) is 0.667. The number of carboxylic acid groups (broad SMARTS) is 1. The quantitative estimate of drug-likeness (QED) is 0.363. The van der Waals surface area contributed by atoms with E-state index in [9.17, 15) is 9.59 Å². The molecular formula is C12H20O3. The molecule has 86 valence electrons. The highest BCUT2D eigenvalue weighted by Crippen LogP contribution is 2.05. The fourth-order valence-corrected chi connectivity index (χ4v) is 1.29. The molecule has 0 rings (SSSR count). The van der Waals surface area contributed by atoms with Gasteiger partial charge >= 0.3 is 5.97 Å². The number of aliphatic carboxylic acids is 1. The highest BCUT2D eigenvalue weighted by Gasteiger charge is 2.02. The lowest BCUT2D eigenvalue weighted by molar-refractivity contribution is -0.139. The summed E-state index contributed by atoms with van der Waals surface area (Å²) in [5.41, 5.74) is 0. The van der Waals surface area contributed by atoms with Crippen LogP contribution in [0, 0.1) is 0 Å². The van der Waals surface area contributed by atoms with Crippen LogP contribution in [-0.4, -0.2) is 16.9 Å². The number of unbranched alkanes of at least 4 members (excludes halogenated alkanes) is 5. The first-order valence-corrected chi connectivity index (χ1v) is 5.58. The normalized spacial score (nSPS) is 10.7. The van der Waals surface area contributed by atoms with Crippen LogP contribution >= 0.6 is 0 Å². The van der Waals surface area contributed by atoms with Crippen molar-refractivity contribution in [3.8, 4) is 0 Å². The monoisotopic (exact) mass is 212 g/mol. The first kappa shape index (κ1) is 13.9. The molecule has 0 unspecified atom stereocenters. The van der Waals surface area contributed by atoms with Crippen molar-refractivity contribution in [2.45, 2.75) is 51.9 Å². The number of hydrogen-bond donors (Lipinski definition) is 1. The smallest absolute Gasteiger partial charge is 0.311 e. The van der Waals surface area contributed by atoms with Gasteiger partial charge in [0.25, 0.3) is 0 Å². The Morgan fingerprint density at radius 3 is 2.40 bits per heavy atom. The number of allylic oxidation sites excluding steroid dienone is 2. The van der Waals surface area contributed by atoms with E-state index in [-0.39, 0.29) is 5.78 Å². The molecule has 1 N–H and O–H groups in total. The van der Waals surface area contributed by atoms with Gasteiger partial charge in [-0.15, -0.1) is 0 Å². The van der Waals surface area contributed by atoms with E-state index in [2.05, 4.69) is 6.92 Å². The molecule has 3 nitrogen and oxygen atoms in total. The van der Waals surface area contributed by atoms with Crippen LogP contribution in [0.15, 0.2) is 12.2 Å². The molecule has 0 saturated heterocycles. The summed E-state index contributed by atoms with van der Waals surface area (Å²) in [5.74, 6) is -1.39. The Hall–Kier alpha value is -1.12. The van der Waals surface area contributed by atoms with Gasteiger partial charge in [-0.3, -0.25) is 9.59 Å². The molecule has 0 atom stereocenters. The van der Waals surface area contributed by atoms with Gasteiger partial charge in [0.15, 0.2) is 5.78 Å². The van der Waals surface area contributed by atoms with Gasteiger partial charge in [-0.2, -0.15) is 0 Å². The number of carbonyl (C=O) groups excluding carboxylic acids is 1. The first-order chi connectivity index (χ1) is 7.16. The maximum absolute atomic E-state index is 10.9. The first-order valence-electron chi connectivity index (χ1n) is 5.58. The minimum Gasteiger partial charge on any atom is -0.481 e. The van der Waals surface area contributed by atoms with Crippen molar-refractivity contribution in [3.63, 3.8) is 0 Å². The summed E-state index contributed by atoms with van der Waals surface area (Å²) in [4.78, 5) is 21.1. The summed E-state index contributed by atoms with van der Waals surface area (Å²) in [6.07, 6.45) is 9.64. The van der Waals surface area contributed by atoms with Crippen molar-refractivity contribution in [1.29, 1.82) is 0 Å². The van der Waals surface area contributed by atoms with Crippen LogP contribution in [-0.2, 0) is 9.59 Å². The number of rotatable bonds is 9. The Kier molecular flexibility index (Phi) is 8.73. The molecule has 3 heteroatoms. The second-order valence-corrected chi connectivity index (χ2v) is 3.64. The van der Waals surface area contributed by atoms with Gasteiger partial charge in [-0.05, 0) is 18.9 Å². The van der Waals surface area contributed by atoms with Gasteiger partial charge < -0.3 is 5.11 Å². The van der Waals surface area contributed by atoms with Crippen LogP contribution < -0.4 is 0 Å². The molecule has 0 amide bonds. The maximum Gasteiger partial charge on any atom is 0.311 e. The zero-order valence-corrected chi connectivity index (χ0v) is 9.37. The van der Waals surface area contributed by atoms with Crippen LogP contribution in [0.3, 0.4) is 0 Å². The molecule has 0 aliphatic carbocycles. The van der Waals surface area contributed by atoms with Crippen LogP contribution in [0.25, 0.3) is 0 Å². The molecule has 0 aromatic heterocycles. The van der Waals surface area contributed by atoms with Crippen molar-refractivity contribution in [2.75, 3.05) is 0 Å². The van der Waals surface area contributed by atoms with Crippen molar-refractivity contribution in [3.05, 3.63) is 12.2 Å². The third kappa shape index (κ3) is 10.8. The van der Waals surface area contributed by atoms with Crippen molar-refractivity contribution in [1.82, 2.24) is 0 Å². The van der Waals surface area contributed by atoms with Crippen molar-refractivity contribution >= 4 is 11.8 Å². The number of hydrogen-bond acceptors (Lipinski definition) is 2. The topological polar surface area (TPSA) is 54.4 Å². The minimum absolute atomic E-state index is 0.323. The summed E-state index contributed by atoms with van der Waals surface area (Å²) in [6.45, 7) is 2.17. The molecule has 0 heterocycles. The summed E-state index contributed by atoms with van der Waals surface area (Å²) >= 11 is 0. The number of carboxylic acids is 1. The van der Waals surface area contributed by atoms with Gasteiger partial charge in [0.2, 0.25) is 0 Å². The highest BCUT2D eigenvalue weighted by molar-refractivity contribution is 6.01. The van der Waals surface area contributed by atoms with E-state index < -0.39 is 12.4 Å². The molecule has 0 aliphatic rings. The van der Waals surface area contributed by atoms with Gasteiger partial charge in [-0.25, -0.2) is 0 Å². The molecule has 0 fully saturated rings. The lowest BCUT2D eigenvalue weighted by atomic mass is 10.1. The van der Waals surface area contributed by atoms with Gasteiger partial charge in [-0.1, -0.05) is 38.7 Å². The SMILES string of the molecule is CCCCCCCC=CC(=O)CC(=O)O. The predicted molar refractivity (Wildman–Crippen MR) is 59.8 cm³/mol. The Morgan fingerprint density at radius 1 is 1.13 bits per heavy atom. The van der Waals surface area contributed by atoms with Gasteiger partial charge in [0.1, 0.15) is 6.42 Å². The lowest BCUT2D eigenvalue weighted by Crippen LogP contribution is -2.02. The summed E-state index contributed by atoms with van der Waals surface area (Å²) in [7, 11) is 0. The summed E-state index contributed by atoms with van der Waals surface area (Å²) in [5, 5.41) is 8.33. The predicted octanol–water partition coefficient (Wildman–Crippen LogP) is 2.95. The van der Waals surface area contributed by atoms with Gasteiger partial charge in [0.05, 0.1) is 0 Å². The second-order valence-electron chi connectivity index (χ2n) is 3.64. The molecule has 0 bridgehead atoms. The molecule has 0 radical (unpaired) electrons. The molecule has 0 aliphatic heterocycles. The van der Waals surface area contributed by atoms with E-state index in [0.29, 0.717) is 0 Å². The van der Waals surface area contributed by atoms with Crippen LogP contribution in [0.2, 0.25) is 0 Å². The van der Waals surface area contributed by atoms with Crippen LogP contribution in [0.1, 0.15) is 51.9 Å². The van der Waals surface area contributed by atoms with Crippen LogP contribution in [0.5, 0.6) is 0 Å².